The molecule has 0 atom stereocenters. The molecule has 0 aliphatic heterocycles. The third-order valence-corrected chi connectivity index (χ3v) is 5.42. The Hall–Kier alpha value is -2.09. The van der Waals surface area contributed by atoms with E-state index < -0.39 is 16.0 Å². The van der Waals surface area contributed by atoms with E-state index in [1.54, 1.807) is 6.07 Å². The number of methoxy groups -OCH3 is 1. The van der Waals surface area contributed by atoms with Crippen molar-refractivity contribution in [2.24, 2.45) is 0 Å². The Morgan fingerprint density at radius 3 is 2.56 bits per heavy atom. The van der Waals surface area contributed by atoms with Crippen LogP contribution in [0.25, 0.3) is 0 Å². The molecular weight excluding hydrogens is 366 g/mol. The smallest absolute Gasteiger partial charge is 0.338 e. The molecular formula is C17H18ClNO5S. The van der Waals surface area contributed by atoms with Crippen molar-refractivity contribution in [3.05, 3.63) is 58.1 Å². The highest BCUT2D eigenvalue weighted by atomic mass is 35.5. The van der Waals surface area contributed by atoms with Crippen LogP contribution in [0.1, 0.15) is 21.5 Å². The van der Waals surface area contributed by atoms with Crippen LogP contribution in [0, 0.1) is 6.92 Å². The van der Waals surface area contributed by atoms with Gasteiger partial charge in [0.2, 0.25) is 10.0 Å². The summed E-state index contributed by atoms with van der Waals surface area (Å²) in [5, 5.41) is 0.0197. The van der Waals surface area contributed by atoms with Crippen molar-refractivity contribution in [1.29, 1.82) is 0 Å². The molecule has 0 aromatic heterocycles. The van der Waals surface area contributed by atoms with Crippen LogP contribution in [0.15, 0.2) is 41.3 Å². The van der Waals surface area contributed by atoms with E-state index in [2.05, 4.69) is 4.72 Å². The van der Waals surface area contributed by atoms with Gasteiger partial charge >= 0.3 is 5.97 Å². The number of benzene rings is 2. The van der Waals surface area contributed by atoms with E-state index >= 15 is 0 Å². The summed E-state index contributed by atoms with van der Waals surface area (Å²) in [7, 11) is -0.982. The van der Waals surface area contributed by atoms with Gasteiger partial charge in [-0.3, -0.25) is 0 Å². The minimum absolute atomic E-state index is 0.000421. The van der Waals surface area contributed by atoms with Crippen LogP contribution in [0.4, 0.5) is 0 Å². The number of sulfonamides is 1. The fourth-order valence-corrected chi connectivity index (χ4v) is 3.44. The molecule has 0 spiro atoms. The molecule has 0 aliphatic rings. The highest BCUT2D eigenvalue weighted by Gasteiger charge is 2.19. The molecule has 0 saturated carbocycles. The van der Waals surface area contributed by atoms with Crippen molar-refractivity contribution in [2.45, 2.75) is 18.4 Å². The van der Waals surface area contributed by atoms with E-state index in [-0.39, 0.29) is 22.1 Å². The number of hydrogen-bond acceptors (Lipinski definition) is 5. The number of ether oxygens (including phenoxy) is 2. The van der Waals surface area contributed by atoms with E-state index in [0.29, 0.717) is 11.3 Å². The number of carbonyl (C=O) groups is 1. The number of hydrogen-bond donors (Lipinski definition) is 1. The molecule has 0 fully saturated rings. The standard InChI is InChI=1S/C17H18ClNO5S/c1-11-4-7-15(23-3)13(8-11)10-24-17(20)12-5-6-14(18)16(9-12)25(21,22)19-2/h4-9,19H,10H2,1-3H3. The molecule has 0 bridgehead atoms. The lowest BCUT2D eigenvalue weighted by atomic mass is 10.1. The summed E-state index contributed by atoms with van der Waals surface area (Å²) >= 11 is 5.91. The number of nitrogens with one attached hydrogen (secondary N) is 1. The lowest BCUT2D eigenvalue weighted by Gasteiger charge is -2.11. The average molecular weight is 384 g/mol. The SMILES string of the molecule is CNS(=O)(=O)c1cc(C(=O)OCc2cc(C)ccc2OC)ccc1Cl. The van der Waals surface area contributed by atoms with E-state index in [1.165, 1.54) is 32.4 Å². The number of carbonyl (C=O) groups excluding carboxylic acids is 1. The van der Waals surface area contributed by atoms with Gasteiger partial charge < -0.3 is 9.47 Å². The van der Waals surface area contributed by atoms with Crippen LogP contribution in [0.2, 0.25) is 5.02 Å². The van der Waals surface area contributed by atoms with Crippen molar-refractivity contribution in [3.63, 3.8) is 0 Å². The van der Waals surface area contributed by atoms with Gasteiger partial charge in [-0.05, 0) is 44.3 Å². The zero-order valence-corrected chi connectivity index (χ0v) is 15.6. The summed E-state index contributed by atoms with van der Waals surface area (Å²) < 4.78 is 36.5. The molecule has 6 nitrogen and oxygen atoms in total. The Labute approximate surface area is 151 Å². The fraction of sp³-hybridized carbons (Fsp3) is 0.235. The van der Waals surface area contributed by atoms with Gasteiger partial charge in [0.05, 0.1) is 17.7 Å². The normalized spacial score (nSPS) is 11.2. The first kappa shape index (κ1) is 19.2. The first-order valence-electron chi connectivity index (χ1n) is 7.32. The van der Waals surface area contributed by atoms with Crippen LogP contribution in [-0.2, 0) is 21.4 Å². The Kier molecular flexibility index (Phi) is 6.05. The van der Waals surface area contributed by atoms with Gasteiger partial charge in [0.1, 0.15) is 17.3 Å². The first-order valence-corrected chi connectivity index (χ1v) is 9.18. The zero-order valence-electron chi connectivity index (χ0n) is 14.0. The van der Waals surface area contributed by atoms with Gasteiger partial charge in [-0.25, -0.2) is 17.9 Å². The molecule has 2 aromatic rings. The van der Waals surface area contributed by atoms with Crippen LogP contribution < -0.4 is 9.46 Å². The largest absolute Gasteiger partial charge is 0.496 e. The summed E-state index contributed by atoms with van der Waals surface area (Å²) in [5.41, 5.74) is 1.80. The monoisotopic (exact) mass is 383 g/mol. The molecule has 2 aromatic carbocycles. The molecule has 0 radical (unpaired) electrons. The quantitative estimate of drug-likeness (QED) is 0.775. The predicted molar refractivity (Wildman–Crippen MR) is 94.5 cm³/mol. The van der Waals surface area contributed by atoms with Gasteiger partial charge in [-0.2, -0.15) is 0 Å². The van der Waals surface area contributed by atoms with Crippen LogP contribution in [-0.4, -0.2) is 28.5 Å². The Morgan fingerprint density at radius 2 is 1.92 bits per heavy atom. The van der Waals surface area contributed by atoms with Gasteiger partial charge in [0, 0.05) is 5.56 Å². The highest BCUT2D eigenvalue weighted by molar-refractivity contribution is 7.89. The Bertz CT molecular complexity index is 896. The predicted octanol–water partition coefficient (Wildman–Crippen LogP) is 2.92. The van der Waals surface area contributed by atoms with E-state index in [9.17, 15) is 13.2 Å². The molecule has 0 amide bonds. The van der Waals surface area contributed by atoms with E-state index in [4.69, 9.17) is 21.1 Å². The van der Waals surface area contributed by atoms with Gasteiger partial charge in [-0.15, -0.1) is 0 Å². The third-order valence-electron chi connectivity index (χ3n) is 3.52. The van der Waals surface area contributed by atoms with Crippen molar-refractivity contribution < 1.29 is 22.7 Å². The topological polar surface area (TPSA) is 81.7 Å². The summed E-state index contributed by atoms with van der Waals surface area (Å²) in [4.78, 5) is 12.1. The summed E-state index contributed by atoms with van der Waals surface area (Å²) in [6.07, 6.45) is 0. The molecule has 0 unspecified atom stereocenters. The second-order valence-corrected chi connectivity index (χ2v) is 7.51. The number of aryl methyl sites for hydroxylation is 1. The van der Waals surface area contributed by atoms with Gasteiger partial charge in [0.15, 0.2) is 0 Å². The molecule has 1 N–H and O–H groups in total. The number of rotatable bonds is 6. The second kappa shape index (κ2) is 7.86. The maximum absolute atomic E-state index is 12.3. The van der Waals surface area contributed by atoms with Crippen molar-refractivity contribution in [1.82, 2.24) is 4.72 Å². The van der Waals surface area contributed by atoms with E-state index in [0.717, 1.165) is 5.56 Å². The molecule has 8 heteroatoms. The Morgan fingerprint density at radius 1 is 1.20 bits per heavy atom. The van der Waals surface area contributed by atoms with Crippen molar-refractivity contribution in [3.8, 4) is 5.75 Å². The molecule has 25 heavy (non-hydrogen) atoms. The average Bonchev–Trinajstić information content (AvgIpc) is 2.60. The summed E-state index contributed by atoms with van der Waals surface area (Å²) in [6, 6.07) is 9.47. The molecule has 2 rings (SSSR count). The maximum Gasteiger partial charge on any atom is 0.338 e. The lowest BCUT2D eigenvalue weighted by molar-refractivity contribution is 0.0470. The van der Waals surface area contributed by atoms with Crippen LogP contribution >= 0.6 is 11.6 Å². The van der Waals surface area contributed by atoms with E-state index in [1.807, 2.05) is 19.1 Å². The summed E-state index contributed by atoms with van der Waals surface area (Å²) in [6.45, 7) is 1.92. The van der Waals surface area contributed by atoms with Crippen molar-refractivity contribution in [2.75, 3.05) is 14.2 Å². The van der Waals surface area contributed by atoms with Gasteiger partial charge in [0.25, 0.3) is 0 Å². The summed E-state index contributed by atoms with van der Waals surface area (Å²) in [5.74, 6) is -0.0549. The lowest BCUT2D eigenvalue weighted by Crippen LogP contribution is -2.19. The molecule has 0 aliphatic carbocycles. The van der Waals surface area contributed by atoms with Crippen LogP contribution in [0.3, 0.4) is 0 Å². The van der Waals surface area contributed by atoms with Gasteiger partial charge in [-0.1, -0.05) is 23.2 Å². The molecule has 0 saturated heterocycles. The zero-order chi connectivity index (χ0) is 18.6. The Balaban J connectivity index is 2.22. The minimum Gasteiger partial charge on any atom is -0.496 e. The molecule has 0 heterocycles. The number of esters is 1. The molecule has 134 valence electrons. The fourth-order valence-electron chi connectivity index (χ4n) is 2.19. The van der Waals surface area contributed by atoms with Crippen LogP contribution in [0.5, 0.6) is 5.75 Å². The number of halogens is 1. The maximum atomic E-state index is 12.3. The van der Waals surface area contributed by atoms with Crippen molar-refractivity contribution >= 4 is 27.6 Å². The first-order chi connectivity index (χ1) is 11.8. The third kappa shape index (κ3) is 4.50. The minimum atomic E-state index is -3.78. The highest BCUT2D eigenvalue weighted by Crippen LogP contribution is 2.24. The second-order valence-electron chi connectivity index (χ2n) is 5.24.